The highest BCUT2D eigenvalue weighted by Crippen LogP contribution is 2.38. The van der Waals surface area contributed by atoms with E-state index in [1.165, 1.54) is 37.0 Å². The van der Waals surface area contributed by atoms with Gasteiger partial charge in [0.15, 0.2) is 0 Å². The number of hydrogen-bond acceptors (Lipinski definition) is 2. The molecule has 0 saturated heterocycles. The van der Waals surface area contributed by atoms with E-state index in [0.717, 1.165) is 15.9 Å². The Kier molecular flexibility index (Phi) is 3.16. The molecule has 2 rings (SSSR count). The fourth-order valence-corrected chi connectivity index (χ4v) is 7.98. The summed E-state index contributed by atoms with van der Waals surface area (Å²) in [5.74, 6) is 0. The third-order valence-electron chi connectivity index (χ3n) is 3.51. The Hall–Kier alpha value is -0.350. The van der Waals surface area contributed by atoms with Gasteiger partial charge in [-0.25, -0.2) is 4.21 Å². The van der Waals surface area contributed by atoms with Crippen molar-refractivity contribution in [3.8, 4) is 0 Å². The van der Waals surface area contributed by atoms with Crippen molar-refractivity contribution in [3.63, 3.8) is 0 Å². The van der Waals surface area contributed by atoms with Crippen molar-refractivity contribution in [2.24, 2.45) is 5.73 Å². The molecule has 2 N–H and O–H groups in total. The van der Waals surface area contributed by atoms with E-state index in [0.29, 0.717) is 5.25 Å². The van der Waals surface area contributed by atoms with E-state index in [-0.39, 0.29) is 0 Å². The van der Waals surface area contributed by atoms with E-state index in [9.17, 15) is 4.21 Å². The van der Waals surface area contributed by atoms with Crippen molar-refractivity contribution in [2.75, 3.05) is 0 Å². The number of nitrogens with two attached hydrogens (primary N) is 1. The van der Waals surface area contributed by atoms with Crippen LogP contribution in [-0.4, -0.2) is 9.46 Å². The summed E-state index contributed by atoms with van der Waals surface area (Å²) in [6, 6.07) is 0. The minimum Gasteiger partial charge on any atom is -0.398 e. The van der Waals surface area contributed by atoms with Crippen LogP contribution in [0.1, 0.15) is 39.0 Å². The molecule has 1 fully saturated rings. The van der Waals surface area contributed by atoms with Gasteiger partial charge >= 0.3 is 0 Å². The van der Waals surface area contributed by atoms with E-state index in [1.807, 2.05) is 6.08 Å². The first kappa shape index (κ1) is 11.1. The van der Waals surface area contributed by atoms with Gasteiger partial charge < -0.3 is 5.73 Å². The average Bonchev–Trinajstić information content (AvgIpc) is 2.56. The van der Waals surface area contributed by atoms with Gasteiger partial charge in [-0.05, 0) is 36.2 Å². The molecule has 2 aliphatic rings. The van der Waals surface area contributed by atoms with Gasteiger partial charge in [0.05, 0.1) is 0 Å². The molecule has 0 spiro atoms. The summed E-state index contributed by atoms with van der Waals surface area (Å²) in [5, 5.41) is 2.70. The molecular weight excluding hydrogens is 226 g/mol. The van der Waals surface area contributed by atoms with Crippen molar-refractivity contribution >= 4 is 18.8 Å². The van der Waals surface area contributed by atoms with Crippen LogP contribution in [-0.2, 0) is 18.8 Å². The van der Waals surface area contributed by atoms with Crippen LogP contribution in [0.15, 0.2) is 22.1 Å². The van der Waals surface area contributed by atoms with Crippen LogP contribution in [0.4, 0.5) is 0 Å². The van der Waals surface area contributed by atoms with Crippen LogP contribution < -0.4 is 5.73 Å². The first-order valence-electron chi connectivity index (χ1n) is 5.56. The Labute approximate surface area is 95.3 Å². The molecule has 86 valence electrons. The van der Waals surface area contributed by atoms with Gasteiger partial charge in [-0.2, -0.15) is 0 Å². The smallest absolute Gasteiger partial charge is 0.108 e. The Morgan fingerprint density at radius 1 is 1.40 bits per heavy atom. The summed E-state index contributed by atoms with van der Waals surface area (Å²) in [4.78, 5) is 1.26. The molecule has 0 aromatic rings. The van der Waals surface area contributed by atoms with Crippen LogP contribution >= 0.6 is 0 Å². The van der Waals surface area contributed by atoms with Crippen molar-refractivity contribution in [3.05, 3.63) is 22.1 Å². The van der Waals surface area contributed by atoms with Gasteiger partial charge in [0.2, 0.25) is 0 Å². The van der Waals surface area contributed by atoms with Crippen LogP contribution in [0, 0.1) is 0 Å². The van der Waals surface area contributed by atoms with Crippen LogP contribution in [0.2, 0.25) is 0 Å². The minimum atomic E-state index is -1.62. The summed E-state index contributed by atoms with van der Waals surface area (Å²) in [6.07, 6.45) is 8.35. The highest BCUT2D eigenvalue weighted by molar-refractivity contribution is 8.46. The SMILES string of the molecule is CC1=CC(N)=C[SH]1(=S=O)C1CCCCC1. The fourth-order valence-electron chi connectivity index (χ4n) is 2.70. The van der Waals surface area contributed by atoms with Crippen molar-refractivity contribution in [1.29, 1.82) is 0 Å². The highest BCUT2D eigenvalue weighted by atomic mass is 32.9. The number of hydrogen-bond donors (Lipinski definition) is 2. The predicted octanol–water partition coefficient (Wildman–Crippen LogP) is 2.05. The van der Waals surface area contributed by atoms with E-state index in [1.54, 1.807) is 0 Å². The van der Waals surface area contributed by atoms with Gasteiger partial charge in [0.25, 0.3) is 0 Å². The molecule has 0 aromatic carbocycles. The first-order valence-corrected chi connectivity index (χ1v) is 8.83. The molecule has 1 heterocycles. The Balaban J connectivity index is 2.39. The third kappa shape index (κ3) is 1.85. The molecule has 0 unspecified atom stereocenters. The molecule has 2 nitrogen and oxygen atoms in total. The van der Waals surface area contributed by atoms with Gasteiger partial charge in [0.1, 0.15) is 10.2 Å². The fraction of sp³-hybridized carbons (Fsp3) is 0.636. The number of allylic oxidation sites excluding steroid dienone is 2. The van der Waals surface area contributed by atoms with E-state index < -0.39 is 8.59 Å². The summed E-state index contributed by atoms with van der Waals surface area (Å²) in [5.41, 5.74) is 6.66. The molecule has 4 heteroatoms. The molecule has 15 heavy (non-hydrogen) atoms. The van der Waals surface area contributed by atoms with Crippen LogP contribution in [0.5, 0.6) is 0 Å². The molecule has 0 radical (unpaired) electrons. The summed E-state index contributed by atoms with van der Waals surface area (Å²) in [7, 11) is -0.780. The summed E-state index contributed by atoms with van der Waals surface area (Å²) >= 11 is 0. The lowest BCUT2D eigenvalue weighted by atomic mass is 10.0. The van der Waals surface area contributed by atoms with Crippen molar-refractivity contribution in [2.45, 2.75) is 44.3 Å². The topological polar surface area (TPSA) is 43.1 Å². The standard InChI is InChI=1S/C11H19NOS2/c1-9-7-10(12)8-15(9,14-13)11-5-3-2-4-6-11/h7-8,11,15H,2-6,12H2,1H3. The van der Waals surface area contributed by atoms with Gasteiger partial charge in [-0.1, -0.05) is 19.3 Å². The quantitative estimate of drug-likeness (QED) is 0.694. The second-order valence-electron chi connectivity index (χ2n) is 4.49. The lowest BCUT2D eigenvalue weighted by Crippen LogP contribution is -2.28. The molecule has 1 saturated carbocycles. The largest absolute Gasteiger partial charge is 0.398 e. The van der Waals surface area contributed by atoms with Gasteiger partial charge in [0, 0.05) is 10.9 Å². The van der Waals surface area contributed by atoms with E-state index >= 15 is 0 Å². The normalized spacial score (nSPS) is 28.1. The molecule has 1 aliphatic carbocycles. The molecule has 0 amide bonds. The zero-order chi connectivity index (χ0) is 10.9. The van der Waals surface area contributed by atoms with E-state index in [4.69, 9.17) is 5.73 Å². The summed E-state index contributed by atoms with van der Waals surface area (Å²) in [6.45, 7) is 2.09. The monoisotopic (exact) mass is 245 g/mol. The number of rotatable bonds is 1. The predicted molar refractivity (Wildman–Crippen MR) is 69.8 cm³/mol. The maximum Gasteiger partial charge on any atom is 0.108 e. The Bertz CT molecular complexity index is 399. The Morgan fingerprint density at radius 2 is 2.07 bits per heavy atom. The van der Waals surface area contributed by atoms with E-state index in [2.05, 4.69) is 12.3 Å². The zero-order valence-electron chi connectivity index (χ0n) is 9.11. The number of thiol groups is 1. The lowest BCUT2D eigenvalue weighted by Gasteiger charge is -2.34. The average molecular weight is 245 g/mol. The molecule has 1 aliphatic heterocycles. The Morgan fingerprint density at radius 3 is 2.53 bits per heavy atom. The second-order valence-corrected chi connectivity index (χ2v) is 10.0. The maximum atomic E-state index is 11.5. The maximum absolute atomic E-state index is 11.5. The first-order chi connectivity index (χ1) is 7.19. The molecule has 0 bridgehead atoms. The van der Waals surface area contributed by atoms with Crippen molar-refractivity contribution < 1.29 is 4.21 Å². The summed E-state index contributed by atoms with van der Waals surface area (Å²) < 4.78 is 11.5. The van der Waals surface area contributed by atoms with Crippen LogP contribution in [0.3, 0.4) is 0 Å². The molecule has 0 aromatic heterocycles. The molecule has 0 atom stereocenters. The highest BCUT2D eigenvalue weighted by Gasteiger charge is 2.29. The van der Waals surface area contributed by atoms with Gasteiger partial charge in [-0.15, -0.1) is 8.59 Å². The zero-order valence-corrected chi connectivity index (χ0v) is 10.8. The second kappa shape index (κ2) is 4.26. The van der Waals surface area contributed by atoms with Crippen LogP contribution in [0.25, 0.3) is 0 Å². The van der Waals surface area contributed by atoms with Gasteiger partial charge in [-0.3, -0.25) is 0 Å². The lowest BCUT2D eigenvalue weighted by molar-refractivity contribution is 0.514. The van der Waals surface area contributed by atoms with Crippen molar-refractivity contribution in [1.82, 2.24) is 0 Å². The minimum absolute atomic E-state index is 0.603. The molecular formula is C11H19NOS2. The third-order valence-corrected chi connectivity index (χ3v) is 10.1.